The summed E-state index contributed by atoms with van der Waals surface area (Å²) in [7, 11) is 4.25. The molecule has 0 bridgehead atoms. The Morgan fingerprint density at radius 3 is 2.23 bits per heavy atom. The van der Waals surface area contributed by atoms with E-state index in [2.05, 4.69) is 45.1 Å². The van der Waals surface area contributed by atoms with E-state index in [-0.39, 0.29) is 0 Å². The van der Waals surface area contributed by atoms with Crippen molar-refractivity contribution >= 4 is 0 Å². The van der Waals surface area contributed by atoms with Gasteiger partial charge in [-0.1, -0.05) is 20.8 Å². The maximum Gasteiger partial charge on any atom is 0.00874 e. The minimum atomic E-state index is 0.696. The van der Waals surface area contributed by atoms with Gasteiger partial charge in [0.1, 0.15) is 0 Å². The number of nitrogens with one attached hydrogen (secondary N) is 1. The minimum absolute atomic E-state index is 0.696. The lowest BCUT2D eigenvalue weighted by atomic mass is 10.0. The van der Waals surface area contributed by atoms with Gasteiger partial charge < -0.3 is 10.2 Å². The van der Waals surface area contributed by atoms with Gasteiger partial charge in [-0.2, -0.15) is 0 Å². The van der Waals surface area contributed by atoms with Crippen molar-refractivity contribution in [3.8, 4) is 0 Å². The molecule has 1 atom stereocenters. The highest BCUT2D eigenvalue weighted by Crippen LogP contribution is 2.04. The summed E-state index contributed by atoms with van der Waals surface area (Å²) in [6.45, 7) is 9.15. The molecule has 0 saturated heterocycles. The van der Waals surface area contributed by atoms with Crippen LogP contribution in [0.4, 0.5) is 0 Å². The van der Waals surface area contributed by atoms with E-state index in [1.807, 2.05) is 0 Å². The molecule has 0 fully saturated rings. The van der Waals surface area contributed by atoms with Crippen LogP contribution in [0.2, 0.25) is 0 Å². The van der Waals surface area contributed by atoms with E-state index in [0.29, 0.717) is 6.04 Å². The number of hydrogen-bond acceptors (Lipinski definition) is 2. The average Bonchev–Trinajstić information content (AvgIpc) is 2.03. The molecule has 0 amide bonds. The van der Waals surface area contributed by atoms with Crippen LogP contribution in [0.3, 0.4) is 0 Å². The predicted octanol–water partition coefficient (Wildman–Crippen LogP) is 1.96. The second-order valence-electron chi connectivity index (χ2n) is 4.37. The second kappa shape index (κ2) is 7.34. The predicted molar refractivity (Wildman–Crippen MR) is 60.1 cm³/mol. The lowest BCUT2D eigenvalue weighted by Crippen LogP contribution is -2.34. The van der Waals surface area contributed by atoms with Crippen LogP contribution < -0.4 is 5.32 Å². The van der Waals surface area contributed by atoms with Crippen LogP contribution in [0.1, 0.15) is 33.6 Å². The number of rotatable bonds is 7. The Labute approximate surface area is 83.7 Å². The standard InChI is InChI=1S/C11H26N2/c1-6-11(10(2)3)12-8-7-9-13(4)5/h10-12H,6-9H2,1-5H3. The fourth-order valence-corrected chi connectivity index (χ4v) is 1.53. The van der Waals surface area contributed by atoms with Gasteiger partial charge in [0.2, 0.25) is 0 Å². The van der Waals surface area contributed by atoms with Gasteiger partial charge in [0.15, 0.2) is 0 Å². The van der Waals surface area contributed by atoms with Crippen LogP contribution in [0.15, 0.2) is 0 Å². The summed E-state index contributed by atoms with van der Waals surface area (Å²) in [5, 5.41) is 3.60. The van der Waals surface area contributed by atoms with Crippen molar-refractivity contribution in [1.29, 1.82) is 0 Å². The van der Waals surface area contributed by atoms with Gasteiger partial charge >= 0.3 is 0 Å². The molecule has 0 aromatic carbocycles. The molecule has 1 unspecified atom stereocenters. The van der Waals surface area contributed by atoms with E-state index in [0.717, 1.165) is 12.5 Å². The summed E-state index contributed by atoms with van der Waals surface area (Å²) in [5.41, 5.74) is 0. The highest BCUT2D eigenvalue weighted by molar-refractivity contribution is 4.68. The summed E-state index contributed by atoms with van der Waals surface area (Å²) < 4.78 is 0. The van der Waals surface area contributed by atoms with Crippen LogP contribution in [-0.2, 0) is 0 Å². The third kappa shape index (κ3) is 7.03. The Balaban J connectivity index is 3.39. The molecule has 0 aromatic rings. The monoisotopic (exact) mass is 186 g/mol. The highest BCUT2D eigenvalue weighted by atomic mass is 15.1. The van der Waals surface area contributed by atoms with E-state index >= 15 is 0 Å². The van der Waals surface area contributed by atoms with Gasteiger partial charge in [-0.25, -0.2) is 0 Å². The average molecular weight is 186 g/mol. The van der Waals surface area contributed by atoms with E-state index in [1.165, 1.54) is 19.4 Å². The molecule has 0 radical (unpaired) electrons. The first-order valence-electron chi connectivity index (χ1n) is 5.46. The summed E-state index contributed by atoms with van der Waals surface area (Å²) in [4.78, 5) is 2.23. The second-order valence-corrected chi connectivity index (χ2v) is 4.37. The van der Waals surface area contributed by atoms with Crippen molar-refractivity contribution in [2.45, 2.75) is 39.7 Å². The van der Waals surface area contributed by atoms with Crippen LogP contribution in [0.25, 0.3) is 0 Å². The Bertz CT molecular complexity index is 111. The number of hydrogen-bond donors (Lipinski definition) is 1. The quantitative estimate of drug-likeness (QED) is 0.612. The molecular weight excluding hydrogens is 160 g/mol. The molecular formula is C11H26N2. The van der Waals surface area contributed by atoms with Crippen molar-refractivity contribution in [2.75, 3.05) is 27.2 Å². The Morgan fingerprint density at radius 1 is 1.23 bits per heavy atom. The maximum atomic E-state index is 3.60. The Hall–Kier alpha value is -0.0800. The molecule has 0 aliphatic carbocycles. The van der Waals surface area contributed by atoms with Crippen molar-refractivity contribution in [3.63, 3.8) is 0 Å². The van der Waals surface area contributed by atoms with Crippen molar-refractivity contribution in [3.05, 3.63) is 0 Å². The molecule has 2 heteroatoms. The van der Waals surface area contributed by atoms with E-state index in [9.17, 15) is 0 Å². The summed E-state index contributed by atoms with van der Waals surface area (Å²) in [6.07, 6.45) is 2.48. The summed E-state index contributed by atoms with van der Waals surface area (Å²) in [5.74, 6) is 0.754. The van der Waals surface area contributed by atoms with Crippen LogP contribution in [0.5, 0.6) is 0 Å². The molecule has 0 aliphatic heterocycles. The van der Waals surface area contributed by atoms with E-state index in [1.54, 1.807) is 0 Å². The molecule has 1 N–H and O–H groups in total. The first-order chi connectivity index (χ1) is 6.07. The first-order valence-corrected chi connectivity index (χ1v) is 5.46. The molecule has 0 heterocycles. The van der Waals surface area contributed by atoms with Crippen molar-refractivity contribution < 1.29 is 0 Å². The summed E-state index contributed by atoms with van der Waals surface area (Å²) >= 11 is 0. The number of nitrogens with zero attached hydrogens (tertiary/aromatic N) is 1. The Kier molecular flexibility index (Phi) is 7.29. The smallest absolute Gasteiger partial charge is 0.00874 e. The lowest BCUT2D eigenvalue weighted by molar-refractivity contribution is 0.355. The lowest BCUT2D eigenvalue weighted by Gasteiger charge is -2.21. The molecule has 0 aromatic heterocycles. The van der Waals surface area contributed by atoms with Crippen molar-refractivity contribution in [2.24, 2.45) is 5.92 Å². The maximum absolute atomic E-state index is 3.60. The topological polar surface area (TPSA) is 15.3 Å². The van der Waals surface area contributed by atoms with Crippen LogP contribution >= 0.6 is 0 Å². The zero-order valence-corrected chi connectivity index (χ0v) is 9.93. The first kappa shape index (κ1) is 12.9. The Morgan fingerprint density at radius 2 is 1.85 bits per heavy atom. The third-order valence-electron chi connectivity index (χ3n) is 2.43. The molecule has 0 aliphatic rings. The van der Waals surface area contributed by atoms with Gasteiger partial charge in [0.05, 0.1) is 0 Å². The largest absolute Gasteiger partial charge is 0.314 e. The summed E-state index contributed by atoms with van der Waals surface area (Å²) in [6, 6.07) is 0.696. The third-order valence-corrected chi connectivity index (χ3v) is 2.43. The zero-order chi connectivity index (χ0) is 10.3. The molecule has 80 valence electrons. The fourth-order valence-electron chi connectivity index (χ4n) is 1.53. The zero-order valence-electron chi connectivity index (χ0n) is 9.93. The molecule has 0 spiro atoms. The van der Waals surface area contributed by atoms with Crippen molar-refractivity contribution in [1.82, 2.24) is 10.2 Å². The molecule has 2 nitrogen and oxygen atoms in total. The molecule has 0 rings (SSSR count). The van der Waals surface area contributed by atoms with Gasteiger partial charge in [-0.05, 0) is 45.9 Å². The minimum Gasteiger partial charge on any atom is -0.314 e. The van der Waals surface area contributed by atoms with Gasteiger partial charge in [-0.3, -0.25) is 0 Å². The van der Waals surface area contributed by atoms with Crippen LogP contribution in [-0.4, -0.2) is 38.1 Å². The SMILES string of the molecule is CCC(NCCCN(C)C)C(C)C. The highest BCUT2D eigenvalue weighted by Gasteiger charge is 2.08. The van der Waals surface area contributed by atoms with Crippen LogP contribution in [0, 0.1) is 5.92 Å². The normalized spacial score (nSPS) is 14.1. The fraction of sp³-hybridized carbons (Fsp3) is 1.00. The van der Waals surface area contributed by atoms with E-state index < -0.39 is 0 Å². The van der Waals surface area contributed by atoms with Gasteiger partial charge in [0.25, 0.3) is 0 Å². The molecule has 0 saturated carbocycles. The molecule has 13 heavy (non-hydrogen) atoms. The van der Waals surface area contributed by atoms with Gasteiger partial charge in [0, 0.05) is 6.04 Å². The van der Waals surface area contributed by atoms with Gasteiger partial charge in [-0.15, -0.1) is 0 Å². The van der Waals surface area contributed by atoms with E-state index in [4.69, 9.17) is 0 Å².